The molecule has 0 radical (unpaired) electrons. The van der Waals surface area contributed by atoms with Gasteiger partial charge in [-0.2, -0.15) is 0 Å². The van der Waals surface area contributed by atoms with Gasteiger partial charge in [-0.3, -0.25) is 0 Å². The first-order valence-corrected chi connectivity index (χ1v) is 9.25. The molecule has 2 aromatic carbocycles. The highest BCUT2D eigenvalue weighted by Crippen LogP contribution is 2.34. The Morgan fingerprint density at radius 1 is 0.680 bits per heavy atom. The fourth-order valence-corrected chi connectivity index (χ4v) is 2.91. The fourth-order valence-electron chi connectivity index (χ4n) is 2.91. The van der Waals surface area contributed by atoms with Crippen LogP contribution in [0.15, 0.2) is 36.4 Å². The highest BCUT2D eigenvalue weighted by atomic mass is 16.3. The Bertz CT molecular complexity index is 678. The summed E-state index contributed by atoms with van der Waals surface area (Å²) >= 11 is 0. The van der Waals surface area contributed by atoms with E-state index >= 15 is 0 Å². The van der Waals surface area contributed by atoms with E-state index in [9.17, 15) is 10.2 Å². The third-order valence-electron chi connectivity index (χ3n) is 5.87. The van der Waals surface area contributed by atoms with Gasteiger partial charge < -0.3 is 10.2 Å². The van der Waals surface area contributed by atoms with E-state index in [4.69, 9.17) is 0 Å². The molecule has 0 aliphatic heterocycles. The minimum Gasteiger partial charge on any atom is -0.508 e. The summed E-state index contributed by atoms with van der Waals surface area (Å²) in [6.07, 6.45) is 2.59. The van der Waals surface area contributed by atoms with Crippen LogP contribution in [0.3, 0.4) is 0 Å². The van der Waals surface area contributed by atoms with Gasteiger partial charge in [-0.1, -0.05) is 65.8 Å². The Kier molecular flexibility index (Phi) is 5.51. The summed E-state index contributed by atoms with van der Waals surface area (Å²) in [6, 6.07) is 11.7. The smallest absolute Gasteiger partial charge is 0.119 e. The first-order chi connectivity index (χ1) is 11.6. The van der Waals surface area contributed by atoms with E-state index in [0.29, 0.717) is 6.42 Å². The minimum atomic E-state index is 0.0660. The fraction of sp³-hybridized carbons (Fsp3) is 0.478. The molecular weight excluding hydrogens is 308 g/mol. The molecule has 2 rings (SSSR count). The van der Waals surface area contributed by atoms with E-state index in [0.717, 1.165) is 24.0 Å². The average molecular weight is 341 g/mol. The Labute approximate surface area is 152 Å². The summed E-state index contributed by atoms with van der Waals surface area (Å²) in [5, 5.41) is 20.6. The summed E-state index contributed by atoms with van der Waals surface area (Å²) in [5.74, 6) is 0.574. The molecule has 0 aliphatic rings. The van der Waals surface area contributed by atoms with Crippen molar-refractivity contribution in [3.05, 3.63) is 58.7 Å². The zero-order chi connectivity index (χ0) is 18.8. The number of rotatable bonds is 6. The van der Waals surface area contributed by atoms with Crippen molar-refractivity contribution in [2.45, 2.75) is 71.6 Å². The molecule has 0 atom stereocenters. The van der Waals surface area contributed by atoms with Crippen LogP contribution in [-0.4, -0.2) is 10.2 Å². The Balaban J connectivity index is 2.43. The van der Waals surface area contributed by atoms with Crippen LogP contribution in [-0.2, 0) is 17.3 Å². The van der Waals surface area contributed by atoms with Crippen LogP contribution in [0.5, 0.6) is 11.5 Å². The van der Waals surface area contributed by atoms with Crippen LogP contribution in [0, 0.1) is 0 Å². The van der Waals surface area contributed by atoms with Gasteiger partial charge in [-0.15, -0.1) is 0 Å². The van der Waals surface area contributed by atoms with Crippen molar-refractivity contribution in [3.63, 3.8) is 0 Å². The lowest BCUT2D eigenvalue weighted by Gasteiger charge is -2.25. The van der Waals surface area contributed by atoms with Gasteiger partial charge >= 0.3 is 0 Å². The Morgan fingerprint density at radius 2 is 1.04 bits per heavy atom. The van der Waals surface area contributed by atoms with Gasteiger partial charge in [0.15, 0.2) is 0 Å². The van der Waals surface area contributed by atoms with E-state index < -0.39 is 0 Å². The molecule has 0 fully saturated rings. The van der Waals surface area contributed by atoms with Crippen molar-refractivity contribution in [3.8, 4) is 11.5 Å². The summed E-state index contributed by atoms with van der Waals surface area (Å²) < 4.78 is 0. The lowest BCUT2D eigenvalue weighted by atomic mass is 9.80. The van der Waals surface area contributed by atoms with Crippen molar-refractivity contribution in [1.29, 1.82) is 0 Å². The molecule has 2 nitrogen and oxygen atoms in total. The van der Waals surface area contributed by atoms with E-state index in [2.05, 4.69) is 53.7 Å². The van der Waals surface area contributed by atoms with Crippen molar-refractivity contribution < 1.29 is 10.2 Å². The highest BCUT2D eigenvalue weighted by Gasteiger charge is 2.21. The maximum Gasteiger partial charge on any atom is 0.119 e. The highest BCUT2D eigenvalue weighted by molar-refractivity contribution is 5.46. The van der Waals surface area contributed by atoms with Gasteiger partial charge in [0, 0.05) is 6.42 Å². The second-order valence-corrected chi connectivity index (χ2v) is 8.34. The molecule has 2 N–H and O–H groups in total. The van der Waals surface area contributed by atoms with Crippen LogP contribution in [0.25, 0.3) is 0 Å². The molecule has 0 bridgehead atoms. The second-order valence-electron chi connectivity index (χ2n) is 8.34. The number of phenols is 2. The van der Waals surface area contributed by atoms with E-state index in [-0.39, 0.29) is 22.3 Å². The van der Waals surface area contributed by atoms with Crippen LogP contribution < -0.4 is 0 Å². The topological polar surface area (TPSA) is 40.5 Å². The van der Waals surface area contributed by atoms with Crippen LogP contribution in [0.4, 0.5) is 0 Å². The third-order valence-corrected chi connectivity index (χ3v) is 5.87. The standard InChI is InChI=1S/C23H32O2/c1-7-22(3,4)18-9-11-20(24)16(14-18)13-17-15-19(10-12-21(17)25)23(5,6)8-2/h9-12,14-15,24-25H,7-8,13H2,1-6H3. The number of hydrogen-bond acceptors (Lipinski definition) is 2. The minimum absolute atomic E-state index is 0.0660. The van der Waals surface area contributed by atoms with Crippen molar-refractivity contribution in [2.24, 2.45) is 0 Å². The van der Waals surface area contributed by atoms with E-state index in [1.807, 2.05) is 12.1 Å². The Morgan fingerprint density at radius 3 is 1.36 bits per heavy atom. The zero-order valence-corrected chi connectivity index (χ0v) is 16.5. The summed E-state index contributed by atoms with van der Waals surface area (Å²) in [6.45, 7) is 13.2. The average Bonchev–Trinajstić information content (AvgIpc) is 2.58. The van der Waals surface area contributed by atoms with Gasteiger partial charge in [0.25, 0.3) is 0 Å². The quantitative estimate of drug-likeness (QED) is 0.670. The Hall–Kier alpha value is -1.96. The number of hydrogen-bond donors (Lipinski definition) is 2. The molecular formula is C23H32O2. The third kappa shape index (κ3) is 4.18. The molecule has 0 aliphatic carbocycles. The van der Waals surface area contributed by atoms with Gasteiger partial charge in [-0.05, 0) is 58.1 Å². The molecule has 0 heterocycles. The maximum atomic E-state index is 10.3. The van der Waals surface area contributed by atoms with Crippen LogP contribution in [0.2, 0.25) is 0 Å². The molecule has 0 saturated heterocycles. The van der Waals surface area contributed by atoms with E-state index in [1.54, 1.807) is 12.1 Å². The SMILES string of the molecule is CCC(C)(C)c1ccc(O)c(Cc2cc(C(C)(C)CC)ccc2O)c1. The van der Waals surface area contributed by atoms with Crippen LogP contribution >= 0.6 is 0 Å². The first kappa shape index (κ1) is 19.4. The van der Waals surface area contributed by atoms with Crippen LogP contribution in [0.1, 0.15) is 76.6 Å². The molecule has 0 amide bonds. The first-order valence-electron chi connectivity index (χ1n) is 9.25. The predicted octanol–water partition coefficient (Wildman–Crippen LogP) is 6.06. The largest absolute Gasteiger partial charge is 0.508 e. The summed E-state index contributed by atoms with van der Waals surface area (Å²) in [5.41, 5.74) is 4.29. The number of phenolic OH excluding ortho intramolecular Hbond substituents is 2. The molecule has 2 aromatic rings. The molecule has 0 saturated carbocycles. The van der Waals surface area contributed by atoms with E-state index in [1.165, 1.54) is 11.1 Å². The summed E-state index contributed by atoms with van der Waals surface area (Å²) in [4.78, 5) is 0. The lowest BCUT2D eigenvalue weighted by molar-refractivity contribution is 0.458. The van der Waals surface area contributed by atoms with Gasteiger partial charge in [-0.25, -0.2) is 0 Å². The molecule has 136 valence electrons. The van der Waals surface area contributed by atoms with Crippen molar-refractivity contribution >= 4 is 0 Å². The number of benzene rings is 2. The lowest BCUT2D eigenvalue weighted by Crippen LogP contribution is -2.16. The predicted molar refractivity (Wildman–Crippen MR) is 106 cm³/mol. The maximum absolute atomic E-state index is 10.3. The molecule has 0 unspecified atom stereocenters. The molecule has 2 heteroatoms. The van der Waals surface area contributed by atoms with Crippen molar-refractivity contribution in [1.82, 2.24) is 0 Å². The van der Waals surface area contributed by atoms with Crippen molar-refractivity contribution in [2.75, 3.05) is 0 Å². The molecule has 0 spiro atoms. The van der Waals surface area contributed by atoms with Gasteiger partial charge in [0.1, 0.15) is 11.5 Å². The van der Waals surface area contributed by atoms with Gasteiger partial charge in [0.05, 0.1) is 0 Å². The zero-order valence-electron chi connectivity index (χ0n) is 16.5. The number of aromatic hydroxyl groups is 2. The summed E-state index contributed by atoms with van der Waals surface area (Å²) in [7, 11) is 0. The molecule has 0 aromatic heterocycles. The van der Waals surface area contributed by atoms with Gasteiger partial charge in [0.2, 0.25) is 0 Å². The monoisotopic (exact) mass is 340 g/mol. The second kappa shape index (κ2) is 7.11. The molecule has 25 heavy (non-hydrogen) atoms. The normalized spacial score (nSPS) is 12.4.